The summed E-state index contributed by atoms with van der Waals surface area (Å²) in [5.74, 6) is 0. The third-order valence-corrected chi connectivity index (χ3v) is 1.81. The summed E-state index contributed by atoms with van der Waals surface area (Å²) in [5.41, 5.74) is 1.77. The molecule has 2 rings (SSSR count). The highest BCUT2D eigenvalue weighted by molar-refractivity contribution is 5.74. The third-order valence-electron chi connectivity index (χ3n) is 1.81. The Hall–Kier alpha value is -1.51. The van der Waals surface area contributed by atoms with Crippen molar-refractivity contribution in [3.63, 3.8) is 0 Å². The minimum Gasteiger partial charge on any atom is -0.306 e. The van der Waals surface area contributed by atoms with Crippen molar-refractivity contribution >= 4 is 11.0 Å². The van der Waals surface area contributed by atoms with Crippen LogP contribution in [0.3, 0.4) is 0 Å². The number of nitrogens with one attached hydrogen (secondary N) is 1. The standard InChI is InChI=1S/C8H8N2O.3C2H6/c1-10-7-5-3-2-4-6(7)9-8(10)11;3*1-2/h2-5H,1H3,(H,9,11);3*1-2H3. The van der Waals surface area contributed by atoms with Gasteiger partial charge in [-0.1, -0.05) is 53.7 Å². The van der Waals surface area contributed by atoms with Crippen LogP contribution >= 0.6 is 0 Å². The Morgan fingerprint density at radius 3 is 1.88 bits per heavy atom. The highest BCUT2D eigenvalue weighted by Crippen LogP contribution is 2.06. The number of aromatic nitrogens is 2. The zero-order valence-electron chi connectivity index (χ0n) is 12.2. The van der Waals surface area contributed by atoms with Crippen LogP contribution in [0.15, 0.2) is 29.1 Å². The Balaban J connectivity index is 0. The predicted molar refractivity (Wildman–Crippen MR) is 77.6 cm³/mol. The Bertz CT molecular complexity index is 441. The van der Waals surface area contributed by atoms with Crippen LogP contribution in [0, 0.1) is 0 Å². The van der Waals surface area contributed by atoms with Crippen LogP contribution in [0.4, 0.5) is 0 Å². The molecule has 98 valence electrons. The molecule has 0 amide bonds. The first-order valence-corrected chi connectivity index (χ1v) is 6.43. The molecule has 0 spiro atoms. The van der Waals surface area contributed by atoms with Gasteiger partial charge in [-0.05, 0) is 12.1 Å². The van der Waals surface area contributed by atoms with Crippen molar-refractivity contribution < 1.29 is 0 Å². The van der Waals surface area contributed by atoms with E-state index in [9.17, 15) is 4.79 Å². The molecular formula is C14H26N2O. The SMILES string of the molecule is CC.CC.CC.Cn1c(=O)[nH]c2ccccc21. The largest absolute Gasteiger partial charge is 0.326 e. The van der Waals surface area contributed by atoms with Gasteiger partial charge < -0.3 is 4.98 Å². The van der Waals surface area contributed by atoms with Crippen molar-refractivity contribution in [3.05, 3.63) is 34.7 Å². The second-order valence-electron chi connectivity index (χ2n) is 2.51. The van der Waals surface area contributed by atoms with Crippen molar-refractivity contribution in [1.29, 1.82) is 0 Å². The second-order valence-corrected chi connectivity index (χ2v) is 2.51. The first kappa shape index (κ1) is 17.9. The van der Waals surface area contributed by atoms with E-state index in [4.69, 9.17) is 0 Å². The van der Waals surface area contributed by atoms with Crippen LogP contribution in [0.25, 0.3) is 11.0 Å². The number of nitrogens with zero attached hydrogens (tertiary/aromatic N) is 1. The molecule has 2 aromatic rings. The topological polar surface area (TPSA) is 37.8 Å². The minimum absolute atomic E-state index is 0.0637. The number of aryl methyl sites for hydroxylation is 1. The van der Waals surface area contributed by atoms with Crippen molar-refractivity contribution in [3.8, 4) is 0 Å². The number of para-hydroxylation sites is 2. The van der Waals surface area contributed by atoms with Crippen molar-refractivity contribution in [2.75, 3.05) is 0 Å². The Morgan fingerprint density at radius 2 is 1.41 bits per heavy atom. The molecule has 3 nitrogen and oxygen atoms in total. The van der Waals surface area contributed by atoms with E-state index < -0.39 is 0 Å². The number of rotatable bonds is 0. The van der Waals surface area contributed by atoms with E-state index in [2.05, 4.69) is 4.98 Å². The Kier molecular flexibility index (Phi) is 11.6. The summed E-state index contributed by atoms with van der Waals surface area (Å²) >= 11 is 0. The zero-order valence-corrected chi connectivity index (χ0v) is 12.2. The van der Waals surface area contributed by atoms with Gasteiger partial charge in [-0.3, -0.25) is 4.57 Å². The molecule has 0 bridgehead atoms. The third kappa shape index (κ3) is 4.89. The van der Waals surface area contributed by atoms with Gasteiger partial charge in [-0.25, -0.2) is 4.79 Å². The lowest BCUT2D eigenvalue weighted by atomic mass is 10.3. The first-order valence-electron chi connectivity index (χ1n) is 6.43. The van der Waals surface area contributed by atoms with Gasteiger partial charge in [0.1, 0.15) is 0 Å². The number of hydrogen-bond donors (Lipinski definition) is 1. The number of H-pyrrole nitrogens is 1. The quantitative estimate of drug-likeness (QED) is 0.741. The minimum atomic E-state index is -0.0637. The van der Waals surface area contributed by atoms with Crippen LogP contribution in [-0.4, -0.2) is 9.55 Å². The van der Waals surface area contributed by atoms with E-state index in [0.717, 1.165) is 11.0 Å². The molecule has 1 aromatic carbocycles. The molecule has 0 aliphatic carbocycles. The molecule has 3 heteroatoms. The molecule has 0 saturated heterocycles. The van der Waals surface area contributed by atoms with Gasteiger partial charge in [0.25, 0.3) is 0 Å². The number of imidazole rings is 1. The fourth-order valence-corrected chi connectivity index (χ4v) is 1.18. The molecule has 0 fully saturated rings. The van der Waals surface area contributed by atoms with Gasteiger partial charge in [0.2, 0.25) is 0 Å². The second kappa shape index (κ2) is 11.0. The van der Waals surface area contributed by atoms with Gasteiger partial charge in [0.05, 0.1) is 11.0 Å². The highest BCUT2D eigenvalue weighted by atomic mass is 16.1. The van der Waals surface area contributed by atoms with E-state index in [-0.39, 0.29) is 5.69 Å². The fourth-order valence-electron chi connectivity index (χ4n) is 1.18. The summed E-state index contributed by atoms with van der Waals surface area (Å²) in [7, 11) is 1.75. The molecule has 1 aromatic heterocycles. The van der Waals surface area contributed by atoms with Crippen molar-refractivity contribution in [2.45, 2.75) is 41.5 Å². The fraction of sp³-hybridized carbons (Fsp3) is 0.500. The lowest BCUT2D eigenvalue weighted by Crippen LogP contribution is -2.11. The molecule has 0 aliphatic rings. The maximum Gasteiger partial charge on any atom is 0.326 e. The smallest absolute Gasteiger partial charge is 0.306 e. The zero-order chi connectivity index (χ0) is 13.8. The maximum atomic E-state index is 11.0. The average molecular weight is 238 g/mol. The van der Waals surface area contributed by atoms with E-state index in [1.54, 1.807) is 11.6 Å². The number of hydrogen-bond acceptors (Lipinski definition) is 1. The molecule has 0 aliphatic heterocycles. The normalized spacial score (nSPS) is 7.94. The van der Waals surface area contributed by atoms with Crippen LogP contribution in [0.1, 0.15) is 41.5 Å². The Labute approximate surface area is 104 Å². The van der Waals surface area contributed by atoms with E-state index >= 15 is 0 Å². The van der Waals surface area contributed by atoms with Gasteiger partial charge in [-0.2, -0.15) is 0 Å². The summed E-state index contributed by atoms with van der Waals surface area (Å²) in [6.07, 6.45) is 0. The van der Waals surface area contributed by atoms with E-state index in [1.165, 1.54) is 0 Å². The lowest BCUT2D eigenvalue weighted by Gasteiger charge is -1.89. The first-order chi connectivity index (χ1) is 8.29. The van der Waals surface area contributed by atoms with Gasteiger partial charge in [0, 0.05) is 7.05 Å². The molecule has 1 heterocycles. The number of fused-ring (bicyclic) bond motifs is 1. The highest BCUT2D eigenvalue weighted by Gasteiger charge is 1.98. The Morgan fingerprint density at radius 1 is 0.941 bits per heavy atom. The van der Waals surface area contributed by atoms with E-state index in [1.807, 2.05) is 65.8 Å². The molecule has 0 atom stereocenters. The number of benzene rings is 1. The average Bonchev–Trinajstić information content (AvgIpc) is 2.73. The van der Waals surface area contributed by atoms with Crippen LogP contribution in [0.5, 0.6) is 0 Å². The molecule has 17 heavy (non-hydrogen) atoms. The van der Waals surface area contributed by atoms with Crippen LogP contribution in [0.2, 0.25) is 0 Å². The lowest BCUT2D eigenvalue weighted by molar-refractivity contribution is 0.891. The van der Waals surface area contributed by atoms with Crippen molar-refractivity contribution in [2.24, 2.45) is 7.05 Å². The molecular weight excluding hydrogens is 212 g/mol. The van der Waals surface area contributed by atoms with E-state index in [0.29, 0.717) is 0 Å². The summed E-state index contributed by atoms with van der Waals surface area (Å²) in [6.45, 7) is 12.0. The van der Waals surface area contributed by atoms with Crippen LogP contribution < -0.4 is 5.69 Å². The number of aromatic amines is 1. The maximum absolute atomic E-state index is 11.0. The van der Waals surface area contributed by atoms with Crippen molar-refractivity contribution in [1.82, 2.24) is 9.55 Å². The molecule has 1 N–H and O–H groups in total. The molecule has 0 unspecified atom stereocenters. The van der Waals surface area contributed by atoms with Gasteiger partial charge in [0.15, 0.2) is 0 Å². The summed E-state index contributed by atoms with van der Waals surface area (Å²) in [4.78, 5) is 13.8. The van der Waals surface area contributed by atoms with Crippen LogP contribution in [-0.2, 0) is 7.05 Å². The van der Waals surface area contributed by atoms with Gasteiger partial charge in [-0.15, -0.1) is 0 Å². The predicted octanol–water partition coefficient (Wildman–Crippen LogP) is 3.95. The van der Waals surface area contributed by atoms with Gasteiger partial charge >= 0.3 is 5.69 Å². The molecule has 0 radical (unpaired) electrons. The summed E-state index contributed by atoms with van der Waals surface area (Å²) < 4.78 is 1.59. The monoisotopic (exact) mass is 238 g/mol. The molecule has 0 saturated carbocycles. The summed E-state index contributed by atoms with van der Waals surface area (Å²) in [6, 6.07) is 7.61. The summed E-state index contributed by atoms with van der Waals surface area (Å²) in [5, 5.41) is 0.